The number of H-pyrrole nitrogens is 1. The van der Waals surface area contributed by atoms with Crippen LogP contribution in [0.25, 0.3) is 0 Å². The Labute approximate surface area is 121 Å². The van der Waals surface area contributed by atoms with Crippen LogP contribution < -0.4 is 10.6 Å². The number of likely N-dealkylation sites (tertiary alicyclic amines) is 1. The number of nitrogens with one attached hydrogen (secondary N) is 3. The summed E-state index contributed by atoms with van der Waals surface area (Å²) in [7, 11) is 1.81. The van der Waals surface area contributed by atoms with Crippen LogP contribution in [0.2, 0.25) is 0 Å². The van der Waals surface area contributed by atoms with Gasteiger partial charge in [-0.15, -0.1) is 0 Å². The largest absolute Gasteiger partial charge is 0.354 e. The lowest BCUT2D eigenvalue weighted by Crippen LogP contribution is -2.48. The van der Waals surface area contributed by atoms with Crippen LogP contribution in [0.1, 0.15) is 31.9 Å². The fourth-order valence-electron chi connectivity index (χ4n) is 2.57. The molecule has 0 aliphatic carbocycles. The van der Waals surface area contributed by atoms with Crippen molar-refractivity contribution in [2.24, 2.45) is 4.99 Å². The van der Waals surface area contributed by atoms with Crippen molar-refractivity contribution in [2.75, 3.05) is 26.7 Å². The number of aromatic nitrogens is 2. The highest BCUT2D eigenvalue weighted by Crippen LogP contribution is 2.10. The SMILES string of the molecule is CCCN1CCC(NC(=NC)NCc2ccn[nH]2)CC1. The summed E-state index contributed by atoms with van der Waals surface area (Å²) in [6.45, 7) is 6.55. The molecule has 3 N–H and O–H groups in total. The average Bonchev–Trinajstić information content (AvgIpc) is 2.99. The molecule has 20 heavy (non-hydrogen) atoms. The van der Waals surface area contributed by atoms with Gasteiger partial charge in [0, 0.05) is 32.4 Å². The van der Waals surface area contributed by atoms with E-state index in [9.17, 15) is 0 Å². The molecule has 0 atom stereocenters. The van der Waals surface area contributed by atoms with E-state index in [-0.39, 0.29) is 0 Å². The summed E-state index contributed by atoms with van der Waals surface area (Å²) in [6.07, 6.45) is 5.37. The van der Waals surface area contributed by atoms with E-state index < -0.39 is 0 Å². The van der Waals surface area contributed by atoms with E-state index in [1.54, 1.807) is 6.20 Å². The Balaban J connectivity index is 1.71. The minimum atomic E-state index is 0.524. The van der Waals surface area contributed by atoms with Crippen LogP contribution in [0.5, 0.6) is 0 Å². The van der Waals surface area contributed by atoms with Gasteiger partial charge in [-0.3, -0.25) is 10.1 Å². The molecular formula is C14H26N6. The van der Waals surface area contributed by atoms with Crippen molar-refractivity contribution in [1.29, 1.82) is 0 Å². The van der Waals surface area contributed by atoms with E-state index in [0.717, 1.165) is 11.7 Å². The second-order valence-corrected chi connectivity index (χ2v) is 5.27. The molecule has 112 valence electrons. The summed E-state index contributed by atoms with van der Waals surface area (Å²) < 4.78 is 0. The van der Waals surface area contributed by atoms with E-state index in [4.69, 9.17) is 0 Å². The zero-order valence-electron chi connectivity index (χ0n) is 12.5. The zero-order valence-corrected chi connectivity index (χ0v) is 12.5. The molecule has 1 aliphatic heterocycles. The topological polar surface area (TPSA) is 68.3 Å². The molecule has 0 amide bonds. The van der Waals surface area contributed by atoms with Crippen molar-refractivity contribution in [3.63, 3.8) is 0 Å². The maximum Gasteiger partial charge on any atom is 0.191 e. The van der Waals surface area contributed by atoms with Crippen LogP contribution in [0.15, 0.2) is 17.3 Å². The molecule has 0 bridgehead atoms. The number of nitrogens with zero attached hydrogens (tertiary/aromatic N) is 3. The number of guanidine groups is 1. The summed E-state index contributed by atoms with van der Waals surface area (Å²) in [4.78, 5) is 6.82. The summed E-state index contributed by atoms with van der Waals surface area (Å²) in [6, 6.07) is 2.49. The molecule has 2 rings (SSSR count). The predicted molar refractivity (Wildman–Crippen MR) is 81.7 cm³/mol. The van der Waals surface area contributed by atoms with E-state index in [1.807, 2.05) is 13.1 Å². The van der Waals surface area contributed by atoms with Crippen LogP contribution in [0.4, 0.5) is 0 Å². The highest BCUT2D eigenvalue weighted by molar-refractivity contribution is 5.79. The van der Waals surface area contributed by atoms with Gasteiger partial charge in [0.05, 0.1) is 12.2 Å². The molecule has 1 aromatic rings. The van der Waals surface area contributed by atoms with Gasteiger partial charge in [0.1, 0.15) is 0 Å². The number of piperidine rings is 1. The molecule has 1 aromatic heterocycles. The molecule has 0 saturated carbocycles. The van der Waals surface area contributed by atoms with Gasteiger partial charge in [0.2, 0.25) is 0 Å². The first-order valence-corrected chi connectivity index (χ1v) is 7.49. The minimum Gasteiger partial charge on any atom is -0.354 e. The summed E-state index contributed by atoms with van der Waals surface area (Å²) in [5.41, 5.74) is 1.06. The van der Waals surface area contributed by atoms with E-state index in [1.165, 1.54) is 38.9 Å². The van der Waals surface area contributed by atoms with Crippen molar-refractivity contribution >= 4 is 5.96 Å². The van der Waals surface area contributed by atoms with Crippen molar-refractivity contribution < 1.29 is 0 Å². The van der Waals surface area contributed by atoms with E-state index in [2.05, 4.69) is 37.6 Å². The standard InChI is InChI=1S/C14H26N6/c1-3-8-20-9-5-12(6-10-20)18-14(15-2)16-11-13-4-7-17-19-13/h4,7,12H,3,5-6,8-11H2,1-2H3,(H,17,19)(H2,15,16,18). The van der Waals surface area contributed by atoms with Crippen molar-refractivity contribution in [1.82, 2.24) is 25.7 Å². The second-order valence-electron chi connectivity index (χ2n) is 5.27. The lowest BCUT2D eigenvalue weighted by atomic mass is 10.1. The minimum absolute atomic E-state index is 0.524. The number of hydrogen-bond acceptors (Lipinski definition) is 3. The zero-order chi connectivity index (χ0) is 14.2. The molecule has 1 saturated heterocycles. The Bertz CT molecular complexity index is 392. The fraction of sp³-hybridized carbons (Fsp3) is 0.714. The Morgan fingerprint density at radius 2 is 2.30 bits per heavy atom. The second kappa shape index (κ2) is 7.89. The maximum absolute atomic E-state index is 4.28. The van der Waals surface area contributed by atoms with Gasteiger partial charge in [-0.2, -0.15) is 5.10 Å². The van der Waals surface area contributed by atoms with Gasteiger partial charge in [0.25, 0.3) is 0 Å². The molecule has 1 fully saturated rings. The summed E-state index contributed by atoms with van der Waals surface area (Å²) in [5.74, 6) is 0.869. The lowest BCUT2D eigenvalue weighted by Gasteiger charge is -2.32. The Morgan fingerprint density at radius 1 is 1.50 bits per heavy atom. The monoisotopic (exact) mass is 278 g/mol. The van der Waals surface area contributed by atoms with Gasteiger partial charge in [-0.25, -0.2) is 0 Å². The van der Waals surface area contributed by atoms with Gasteiger partial charge in [-0.1, -0.05) is 6.92 Å². The number of rotatable bonds is 5. The smallest absolute Gasteiger partial charge is 0.191 e. The average molecular weight is 278 g/mol. The lowest BCUT2D eigenvalue weighted by molar-refractivity contribution is 0.206. The molecule has 6 heteroatoms. The molecule has 0 radical (unpaired) electrons. The van der Waals surface area contributed by atoms with Crippen LogP contribution >= 0.6 is 0 Å². The van der Waals surface area contributed by atoms with Crippen molar-refractivity contribution in [2.45, 2.75) is 38.8 Å². The van der Waals surface area contributed by atoms with E-state index >= 15 is 0 Å². The molecule has 2 heterocycles. The third-order valence-corrected chi connectivity index (χ3v) is 3.70. The van der Waals surface area contributed by atoms with Crippen LogP contribution in [0.3, 0.4) is 0 Å². The predicted octanol–water partition coefficient (Wildman–Crippen LogP) is 0.949. The third kappa shape index (κ3) is 4.52. The van der Waals surface area contributed by atoms with Crippen LogP contribution in [0, 0.1) is 0 Å². The van der Waals surface area contributed by atoms with Crippen LogP contribution in [-0.2, 0) is 6.54 Å². The number of aliphatic imine (C=N–C) groups is 1. The molecule has 6 nitrogen and oxygen atoms in total. The molecule has 1 aliphatic rings. The Hall–Kier alpha value is -1.56. The third-order valence-electron chi connectivity index (χ3n) is 3.70. The van der Waals surface area contributed by atoms with Gasteiger partial charge < -0.3 is 15.5 Å². The summed E-state index contributed by atoms with van der Waals surface area (Å²) >= 11 is 0. The molecule has 0 unspecified atom stereocenters. The molecule has 0 spiro atoms. The number of hydrogen-bond donors (Lipinski definition) is 3. The van der Waals surface area contributed by atoms with Gasteiger partial charge in [-0.05, 0) is 31.9 Å². The first-order valence-electron chi connectivity index (χ1n) is 7.49. The Morgan fingerprint density at radius 3 is 2.90 bits per heavy atom. The first kappa shape index (κ1) is 14.8. The Kier molecular flexibility index (Phi) is 5.86. The molecule has 0 aromatic carbocycles. The van der Waals surface area contributed by atoms with Gasteiger partial charge in [0.15, 0.2) is 5.96 Å². The fourth-order valence-corrected chi connectivity index (χ4v) is 2.57. The first-order chi connectivity index (χ1) is 9.81. The highest BCUT2D eigenvalue weighted by atomic mass is 15.2. The quantitative estimate of drug-likeness (QED) is 0.554. The van der Waals surface area contributed by atoms with Gasteiger partial charge >= 0.3 is 0 Å². The van der Waals surface area contributed by atoms with Crippen LogP contribution in [-0.4, -0.2) is 53.8 Å². The normalized spacial score (nSPS) is 18.2. The molecular weight excluding hydrogens is 252 g/mol. The van der Waals surface area contributed by atoms with Crippen molar-refractivity contribution in [3.8, 4) is 0 Å². The maximum atomic E-state index is 4.28. The summed E-state index contributed by atoms with van der Waals surface area (Å²) in [5, 5.41) is 13.7. The highest BCUT2D eigenvalue weighted by Gasteiger charge is 2.19. The van der Waals surface area contributed by atoms with E-state index in [0.29, 0.717) is 12.6 Å². The van der Waals surface area contributed by atoms with Crippen molar-refractivity contribution in [3.05, 3.63) is 18.0 Å². The number of aromatic amines is 1.